The van der Waals surface area contributed by atoms with Crippen LogP contribution in [-0.4, -0.2) is 28.7 Å². The summed E-state index contributed by atoms with van der Waals surface area (Å²) in [4.78, 5) is 0. The number of phenolic OH excluding ortho intramolecular Hbond substituents is 1. The molecule has 33 heavy (non-hydrogen) atoms. The number of nitrogens with zero attached hydrogens (tertiary/aromatic N) is 2. The average Bonchev–Trinajstić information content (AvgIpc) is 3.32. The minimum atomic E-state index is -0.424. The normalized spacial score (nSPS) is 25.7. The third-order valence-electron chi connectivity index (χ3n) is 7.46. The van der Waals surface area contributed by atoms with E-state index in [1.54, 1.807) is 13.2 Å². The third kappa shape index (κ3) is 3.34. The molecule has 5 nitrogen and oxygen atoms in total. The van der Waals surface area contributed by atoms with Crippen LogP contribution in [0.3, 0.4) is 0 Å². The SMILES string of the molecule is COc1cc(C2=NN3[C@H](C2)c2ccccc2OC32CCC(c3ccccc3)CC2)ccc1O. The Labute approximate surface area is 194 Å². The van der Waals surface area contributed by atoms with Gasteiger partial charge in [0.25, 0.3) is 0 Å². The Hall–Kier alpha value is -3.47. The number of methoxy groups -OCH3 is 1. The summed E-state index contributed by atoms with van der Waals surface area (Å²) in [6.45, 7) is 0. The second-order valence-electron chi connectivity index (χ2n) is 9.27. The Bertz CT molecular complexity index is 1200. The topological polar surface area (TPSA) is 54.3 Å². The molecule has 0 amide bonds. The summed E-state index contributed by atoms with van der Waals surface area (Å²) < 4.78 is 12.1. The van der Waals surface area contributed by atoms with Crippen molar-refractivity contribution >= 4 is 5.71 Å². The first-order valence-corrected chi connectivity index (χ1v) is 11.7. The second kappa shape index (κ2) is 7.84. The van der Waals surface area contributed by atoms with Crippen LogP contribution in [0.2, 0.25) is 0 Å². The lowest BCUT2D eigenvalue weighted by molar-refractivity contribution is -0.142. The van der Waals surface area contributed by atoms with Gasteiger partial charge in [0.2, 0.25) is 0 Å². The lowest BCUT2D eigenvalue weighted by Crippen LogP contribution is -2.55. The van der Waals surface area contributed by atoms with Crippen LogP contribution in [0.15, 0.2) is 77.9 Å². The fourth-order valence-electron chi connectivity index (χ4n) is 5.72. The van der Waals surface area contributed by atoms with Crippen molar-refractivity contribution in [1.29, 1.82) is 0 Å². The van der Waals surface area contributed by atoms with E-state index in [9.17, 15) is 5.11 Å². The van der Waals surface area contributed by atoms with Gasteiger partial charge in [0.15, 0.2) is 17.2 Å². The average molecular weight is 441 g/mol. The van der Waals surface area contributed by atoms with Crippen LogP contribution in [0.5, 0.6) is 17.2 Å². The van der Waals surface area contributed by atoms with Crippen LogP contribution >= 0.6 is 0 Å². The Morgan fingerprint density at radius 1 is 1.00 bits per heavy atom. The summed E-state index contributed by atoms with van der Waals surface area (Å²) in [6, 6.07) is 24.8. The van der Waals surface area contributed by atoms with E-state index < -0.39 is 5.72 Å². The van der Waals surface area contributed by atoms with Crippen molar-refractivity contribution in [2.75, 3.05) is 7.11 Å². The first kappa shape index (κ1) is 20.2. The molecule has 3 aliphatic rings. The molecule has 6 rings (SSSR count). The summed E-state index contributed by atoms with van der Waals surface area (Å²) in [5.41, 5.74) is 4.17. The van der Waals surface area contributed by atoms with Gasteiger partial charge in [-0.1, -0.05) is 48.5 Å². The molecule has 1 spiro atoms. The molecule has 168 valence electrons. The first-order valence-electron chi connectivity index (χ1n) is 11.7. The molecule has 1 fully saturated rings. The summed E-state index contributed by atoms with van der Waals surface area (Å²) in [5, 5.41) is 17.4. The van der Waals surface area contributed by atoms with Crippen LogP contribution in [0.4, 0.5) is 0 Å². The number of hydrogen-bond donors (Lipinski definition) is 1. The van der Waals surface area contributed by atoms with Crippen LogP contribution in [-0.2, 0) is 0 Å². The molecule has 1 saturated carbocycles. The maximum absolute atomic E-state index is 10.0. The monoisotopic (exact) mass is 440 g/mol. The van der Waals surface area contributed by atoms with Crippen molar-refractivity contribution in [3.05, 3.63) is 89.5 Å². The molecular weight excluding hydrogens is 412 g/mol. The van der Waals surface area contributed by atoms with Crippen LogP contribution in [0.25, 0.3) is 0 Å². The highest BCUT2D eigenvalue weighted by molar-refractivity contribution is 6.02. The molecule has 0 saturated heterocycles. The Morgan fingerprint density at radius 3 is 2.55 bits per heavy atom. The molecular formula is C28H28N2O3. The quantitative estimate of drug-likeness (QED) is 0.543. The van der Waals surface area contributed by atoms with Gasteiger partial charge in [-0.3, -0.25) is 0 Å². The molecule has 0 radical (unpaired) electrons. The lowest BCUT2D eigenvalue weighted by atomic mass is 9.78. The number of rotatable bonds is 3. The molecule has 1 aliphatic carbocycles. The minimum absolute atomic E-state index is 0.141. The molecule has 5 heteroatoms. The highest BCUT2D eigenvalue weighted by atomic mass is 16.5. The highest BCUT2D eigenvalue weighted by Crippen LogP contribution is 2.53. The first-order chi connectivity index (χ1) is 16.2. The number of aromatic hydroxyl groups is 1. The molecule has 0 bridgehead atoms. The number of fused-ring (bicyclic) bond motifs is 4. The minimum Gasteiger partial charge on any atom is -0.504 e. The summed E-state index contributed by atoms with van der Waals surface area (Å²) >= 11 is 0. The van der Waals surface area contributed by atoms with E-state index in [1.807, 2.05) is 12.1 Å². The van der Waals surface area contributed by atoms with Gasteiger partial charge in [0.05, 0.1) is 18.9 Å². The van der Waals surface area contributed by atoms with E-state index in [2.05, 4.69) is 59.6 Å². The predicted octanol–water partition coefficient (Wildman–Crippen LogP) is 6.00. The maximum Gasteiger partial charge on any atom is 0.198 e. The van der Waals surface area contributed by atoms with Crippen molar-refractivity contribution in [1.82, 2.24) is 5.01 Å². The van der Waals surface area contributed by atoms with Gasteiger partial charge < -0.3 is 14.6 Å². The fourth-order valence-corrected chi connectivity index (χ4v) is 5.72. The fraction of sp³-hybridized carbons (Fsp3) is 0.321. The third-order valence-corrected chi connectivity index (χ3v) is 7.46. The van der Waals surface area contributed by atoms with E-state index in [-0.39, 0.29) is 11.8 Å². The van der Waals surface area contributed by atoms with E-state index in [1.165, 1.54) is 11.1 Å². The zero-order chi connectivity index (χ0) is 22.4. The number of phenols is 1. The van der Waals surface area contributed by atoms with Crippen LogP contribution < -0.4 is 9.47 Å². The van der Waals surface area contributed by atoms with Gasteiger partial charge in [-0.15, -0.1) is 0 Å². The lowest BCUT2D eigenvalue weighted by Gasteiger charge is -2.50. The molecule has 0 unspecified atom stereocenters. The van der Waals surface area contributed by atoms with E-state index in [0.717, 1.165) is 49.1 Å². The molecule has 3 aromatic carbocycles. The zero-order valence-corrected chi connectivity index (χ0v) is 18.8. The second-order valence-corrected chi connectivity index (χ2v) is 9.27. The van der Waals surface area contributed by atoms with Gasteiger partial charge in [0, 0.05) is 30.4 Å². The van der Waals surface area contributed by atoms with Gasteiger partial charge in [-0.2, -0.15) is 5.10 Å². The largest absolute Gasteiger partial charge is 0.504 e. The Morgan fingerprint density at radius 2 is 1.76 bits per heavy atom. The van der Waals surface area contributed by atoms with Gasteiger partial charge in [0.1, 0.15) is 5.75 Å². The number of ether oxygens (including phenoxy) is 2. The number of hydrogen-bond acceptors (Lipinski definition) is 5. The smallest absolute Gasteiger partial charge is 0.198 e. The molecule has 2 heterocycles. The van der Waals surface area contributed by atoms with Gasteiger partial charge in [-0.05, 0) is 48.6 Å². The maximum atomic E-state index is 10.0. The molecule has 0 aromatic heterocycles. The van der Waals surface area contributed by atoms with Gasteiger partial charge in [-0.25, -0.2) is 5.01 Å². The van der Waals surface area contributed by atoms with Gasteiger partial charge >= 0.3 is 0 Å². The Kier molecular flexibility index (Phi) is 4.79. The molecule has 3 aromatic rings. The van der Waals surface area contributed by atoms with Crippen molar-refractivity contribution < 1.29 is 14.6 Å². The van der Waals surface area contributed by atoms with Crippen LogP contribution in [0.1, 0.15) is 60.8 Å². The summed E-state index contributed by atoms with van der Waals surface area (Å²) in [6.07, 6.45) is 4.83. The zero-order valence-electron chi connectivity index (χ0n) is 18.8. The number of benzene rings is 3. The number of para-hydroxylation sites is 1. The molecule has 1 atom stereocenters. The van der Waals surface area contributed by atoms with Crippen LogP contribution in [0, 0.1) is 0 Å². The number of hydrazone groups is 1. The van der Waals surface area contributed by atoms with Crippen molar-refractivity contribution in [2.24, 2.45) is 5.10 Å². The Balaban J connectivity index is 1.35. The molecule has 2 aliphatic heterocycles. The highest BCUT2D eigenvalue weighted by Gasteiger charge is 2.52. The van der Waals surface area contributed by atoms with Crippen molar-refractivity contribution in [3.8, 4) is 17.2 Å². The van der Waals surface area contributed by atoms with Crippen molar-refractivity contribution in [2.45, 2.75) is 49.8 Å². The summed E-state index contributed by atoms with van der Waals surface area (Å²) in [5.74, 6) is 2.15. The van der Waals surface area contributed by atoms with E-state index in [4.69, 9.17) is 14.6 Å². The predicted molar refractivity (Wildman–Crippen MR) is 128 cm³/mol. The van der Waals surface area contributed by atoms with E-state index in [0.29, 0.717) is 11.7 Å². The van der Waals surface area contributed by atoms with E-state index >= 15 is 0 Å². The molecule has 1 N–H and O–H groups in total. The standard InChI is InChI=1S/C28H28N2O3/c1-32-27-17-21(11-12-25(27)31)23-18-24-22-9-5-6-10-26(22)33-28(30(24)29-23)15-13-20(14-16-28)19-7-3-2-4-8-19/h2-12,17,20,24,31H,13-16,18H2,1H3/t20?,24-,28?/m1/s1. The summed E-state index contributed by atoms with van der Waals surface area (Å²) in [7, 11) is 1.57. The van der Waals surface area contributed by atoms with Crippen molar-refractivity contribution in [3.63, 3.8) is 0 Å².